The Bertz CT molecular complexity index is 711. The van der Waals surface area contributed by atoms with Crippen LogP contribution in [-0.4, -0.2) is 11.6 Å². The molecule has 0 saturated heterocycles. The van der Waals surface area contributed by atoms with E-state index < -0.39 is 5.66 Å². The van der Waals surface area contributed by atoms with E-state index in [0.717, 1.165) is 11.4 Å². The molecule has 0 fully saturated rings. The van der Waals surface area contributed by atoms with E-state index in [9.17, 15) is 4.79 Å². The second-order valence-corrected chi connectivity index (χ2v) is 6.36. The lowest BCUT2D eigenvalue weighted by atomic mass is 10.0. The Balaban J connectivity index is 2.11. The summed E-state index contributed by atoms with van der Waals surface area (Å²) in [5.74, 6) is -0.0623. The third kappa shape index (κ3) is 2.47. The van der Waals surface area contributed by atoms with Crippen LogP contribution in [0.15, 0.2) is 42.5 Å². The maximum Gasteiger partial charge on any atom is 0.262 e. The Hall–Kier alpha value is -1.71. The van der Waals surface area contributed by atoms with E-state index in [0.29, 0.717) is 15.6 Å². The van der Waals surface area contributed by atoms with Gasteiger partial charge in [0.05, 0.1) is 11.3 Å². The lowest BCUT2D eigenvalue weighted by Gasteiger charge is -2.44. The SMILES string of the molecule is CC1(C)Nc2cc(Cl)ccc2C(=O)N1c1ccc(Cl)cc1. The Morgan fingerprint density at radius 3 is 2.29 bits per heavy atom. The summed E-state index contributed by atoms with van der Waals surface area (Å²) in [4.78, 5) is 14.6. The molecule has 0 aliphatic carbocycles. The summed E-state index contributed by atoms with van der Waals surface area (Å²) in [5.41, 5.74) is 1.58. The van der Waals surface area contributed by atoms with Crippen LogP contribution in [0.2, 0.25) is 10.0 Å². The van der Waals surface area contributed by atoms with Crippen LogP contribution >= 0.6 is 23.2 Å². The highest BCUT2D eigenvalue weighted by Crippen LogP contribution is 2.36. The van der Waals surface area contributed by atoms with Crippen LogP contribution in [0.1, 0.15) is 24.2 Å². The summed E-state index contributed by atoms with van der Waals surface area (Å²) in [6, 6.07) is 12.5. The lowest BCUT2D eigenvalue weighted by molar-refractivity contribution is 0.0961. The van der Waals surface area contributed by atoms with Crippen LogP contribution in [-0.2, 0) is 0 Å². The molecule has 0 aromatic heterocycles. The number of benzene rings is 2. The lowest BCUT2D eigenvalue weighted by Crippen LogP contribution is -2.56. The number of hydrogen-bond acceptors (Lipinski definition) is 2. The first-order chi connectivity index (χ1) is 9.88. The van der Waals surface area contributed by atoms with Crippen molar-refractivity contribution in [3.8, 4) is 0 Å². The first-order valence-electron chi connectivity index (χ1n) is 6.56. The Morgan fingerprint density at radius 1 is 1.00 bits per heavy atom. The molecule has 108 valence electrons. The molecular formula is C16H14Cl2N2O. The van der Waals surface area contributed by atoms with E-state index in [-0.39, 0.29) is 5.91 Å². The fourth-order valence-corrected chi connectivity index (χ4v) is 2.89. The molecule has 3 nitrogen and oxygen atoms in total. The molecule has 2 aromatic rings. The highest BCUT2D eigenvalue weighted by atomic mass is 35.5. The van der Waals surface area contributed by atoms with Crippen LogP contribution in [0.25, 0.3) is 0 Å². The summed E-state index contributed by atoms with van der Waals surface area (Å²) >= 11 is 11.9. The number of fused-ring (bicyclic) bond motifs is 1. The summed E-state index contributed by atoms with van der Waals surface area (Å²) in [6.07, 6.45) is 0. The maximum absolute atomic E-state index is 12.8. The largest absolute Gasteiger partial charge is 0.362 e. The molecule has 1 amide bonds. The number of nitrogens with zero attached hydrogens (tertiary/aromatic N) is 1. The molecule has 1 heterocycles. The second kappa shape index (κ2) is 4.93. The number of anilines is 2. The van der Waals surface area contributed by atoms with Gasteiger partial charge in [0, 0.05) is 15.7 Å². The third-order valence-corrected chi connectivity index (χ3v) is 3.99. The highest BCUT2D eigenvalue weighted by molar-refractivity contribution is 6.31. The minimum absolute atomic E-state index is 0.0623. The quantitative estimate of drug-likeness (QED) is 0.818. The molecule has 0 unspecified atom stereocenters. The van der Waals surface area contributed by atoms with Gasteiger partial charge in [-0.05, 0) is 56.3 Å². The summed E-state index contributed by atoms with van der Waals surface area (Å²) in [6.45, 7) is 3.90. The number of hydrogen-bond donors (Lipinski definition) is 1. The van der Waals surface area contributed by atoms with E-state index in [4.69, 9.17) is 23.2 Å². The number of nitrogens with one attached hydrogen (secondary N) is 1. The fraction of sp³-hybridized carbons (Fsp3) is 0.188. The van der Waals surface area contributed by atoms with Crippen LogP contribution in [0.3, 0.4) is 0 Å². The second-order valence-electron chi connectivity index (χ2n) is 5.49. The van der Waals surface area contributed by atoms with Crippen molar-refractivity contribution in [1.82, 2.24) is 0 Å². The van der Waals surface area contributed by atoms with Crippen molar-refractivity contribution in [1.29, 1.82) is 0 Å². The van der Waals surface area contributed by atoms with Crippen LogP contribution in [0, 0.1) is 0 Å². The van der Waals surface area contributed by atoms with Crippen molar-refractivity contribution in [2.24, 2.45) is 0 Å². The van der Waals surface area contributed by atoms with Gasteiger partial charge in [-0.25, -0.2) is 0 Å². The molecule has 0 radical (unpaired) electrons. The van der Waals surface area contributed by atoms with E-state index >= 15 is 0 Å². The average molecular weight is 321 g/mol. The van der Waals surface area contributed by atoms with E-state index in [2.05, 4.69) is 5.32 Å². The third-order valence-electron chi connectivity index (χ3n) is 3.50. The van der Waals surface area contributed by atoms with E-state index in [1.807, 2.05) is 26.0 Å². The molecule has 0 spiro atoms. The molecule has 5 heteroatoms. The zero-order valence-corrected chi connectivity index (χ0v) is 13.2. The van der Waals surface area contributed by atoms with Gasteiger partial charge >= 0.3 is 0 Å². The molecule has 1 aliphatic rings. The van der Waals surface area contributed by atoms with Gasteiger partial charge < -0.3 is 5.32 Å². The summed E-state index contributed by atoms with van der Waals surface area (Å²) in [5, 5.41) is 4.60. The minimum Gasteiger partial charge on any atom is -0.362 e. The highest BCUT2D eigenvalue weighted by Gasteiger charge is 2.38. The molecular weight excluding hydrogens is 307 g/mol. The summed E-state index contributed by atoms with van der Waals surface area (Å²) in [7, 11) is 0. The zero-order valence-electron chi connectivity index (χ0n) is 11.7. The van der Waals surface area contributed by atoms with Gasteiger partial charge in [0.15, 0.2) is 0 Å². The molecule has 0 saturated carbocycles. The van der Waals surface area contributed by atoms with Crippen LogP contribution in [0.5, 0.6) is 0 Å². The smallest absolute Gasteiger partial charge is 0.262 e. The number of amides is 1. The van der Waals surface area contributed by atoms with E-state index in [1.165, 1.54) is 0 Å². The Morgan fingerprint density at radius 2 is 1.62 bits per heavy atom. The van der Waals surface area contributed by atoms with Gasteiger partial charge in [0.25, 0.3) is 5.91 Å². The van der Waals surface area contributed by atoms with Gasteiger partial charge in [-0.2, -0.15) is 0 Å². The molecule has 1 aliphatic heterocycles. The van der Waals surface area contributed by atoms with Crippen LogP contribution < -0.4 is 10.2 Å². The van der Waals surface area contributed by atoms with Crippen molar-refractivity contribution in [3.05, 3.63) is 58.1 Å². The molecule has 21 heavy (non-hydrogen) atoms. The average Bonchev–Trinajstić information content (AvgIpc) is 2.39. The van der Waals surface area contributed by atoms with Gasteiger partial charge in [-0.15, -0.1) is 0 Å². The van der Waals surface area contributed by atoms with Crippen molar-refractivity contribution < 1.29 is 4.79 Å². The van der Waals surface area contributed by atoms with Gasteiger partial charge in [-0.3, -0.25) is 9.69 Å². The molecule has 3 rings (SSSR count). The Kier molecular flexibility index (Phi) is 3.34. The first-order valence-corrected chi connectivity index (χ1v) is 7.32. The van der Waals surface area contributed by atoms with Crippen molar-refractivity contribution in [3.63, 3.8) is 0 Å². The van der Waals surface area contributed by atoms with Gasteiger partial charge in [0.2, 0.25) is 0 Å². The minimum atomic E-state index is -0.567. The zero-order chi connectivity index (χ0) is 15.2. The van der Waals surface area contributed by atoms with Gasteiger partial charge in [0.1, 0.15) is 5.66 Å². The molecule has 2 aromatic carbocycles. The van der Waals surface area contributed by atoms with Crippen molar-refractivity contribution in [2.45, 2.75) is 19.5 Å². The van der Waals surface area contributed by atoms with Crippen molar-refractivity contribution in [2.75, 3.05) is 10.2 Å². The molecule has 1 N–H and O–H groups in total. The first kappa shape index (κ1) is 14.2. The van der Waals surface area contributed by atoms with Gasteiger partial charge in [-0.1, -0.05) is 23.2 Å². The molecule has 0 atom stereocenters. The number of carbonyl (C=O) groups is 1. The number of halogens is 2. The predicted molar refractivity (Wildman–Crippen MR) is 87.4 cm³/mol. The van der Waals surface area contributed by atoms with Crippen molar-refractivity contribution >= 4 is 40.5 Å². The number of rotatable bonds is 1. The topological polar surface area (TPSA) is 32.3 Å². The van der Waals surface area contributed by atoms with E-state index in [1.54, 1.807) is 35.2 Å². The monoisotopic (exact) mass is 320 g/mol. The van der Waals surface area contributed by atoms with Crippen LogP contribution in [0.4, 0.5) is 11.4 Å². The fourth-order valence-electron chi connectivity index (χ4n) is 2.60. The Labute approximate surface area is 133 Å². The normalized spacial score (nSPS) is 16.4. The summed E-state index contributed by atoms with van der Waals surface area (Å²) < 4.78 is 0. The molecule has 0 bridgehead atoms. The maximum atomic E-state index is 12.8. The standard InChI is InChI=1S/C16H14Cl2N2O/c1-16(2)19-14-9-11(18)5-8-13(14)15(21)20(16)12-6-3-10(17)4-7-12/h3-9,19H,1-2H3. The predicted octanol–water partition coefficient (Wildman–Crippen LogP) is 4.80. The number of carbonyl (C=O) groups excluding carboxylic acids is 1.